The van der Waals surface area contributed by atoms with E-state index in [-0.39, 0.29) is 5.78 Å². The van der Waals surface area contributed by atoms with Crippen molar-refractivity contribution in [3.63, 3.8) is 0 Å². The van der Waals surface area contributed by atoms with Crippen molar-refractivity contribution in [3.8, 4) is 5.69 Å². The van der Waals surface area contributed by atoms with E-state index in [1.54, 1.807) is 35.8 Å². The smallest absolute Gasteiger partial charge is 0.338 e. The van der Waals surface area contributed by atoms with E-state index >= 15 is 0 Å². The summed E-state index contributed by atoms with van der Waals surface area (Å²) >= 11 is 0. The second kappa shape index (κ2) is 7.81. The second-order valence-corrected chi connectivity index (χ2v) is 7.41. The number of aromatic nitrogens is 2. The van der Waals surface area contributed by atoms with E-state index in [2.05, 4.69) is 4.98 Å². The lowest BCUT2D eigenvalue weighted by Gasteiger charge is -2.11. The number of esters is 1. The van der Waals surface area contributed by atoms with Crippen LogP contribution in [-0.4, -0.2) is 27.9 Å². The Morgan fingerprint density at radius 1 is 0.906 bits per heavy atom. The van der Waals surface area contributed by atoms with Gasteiger partial charge in [-0.2, -0.15) is 0 Å². The van der Waals surface area contributed by atoms with Gasteiger partial charge in [0.2, 0.25) is 5.78 Å². The maximum Gasteiger partial charge on any atom is 0.338 e. The van der Waals surface area contributed by atoms with Crippen molar-refractivity contribution in [1.29, 1.82) is 0 Å². The van der Waals surface area contributed by atoms with Gasteiger partial charge < -0.3 is 14.3 Å². The van der Waals surface area contributed by atoms with Crippen LogP contribution in [0.3, 0.4) is 0 Å². The van der Waals surface area contributed by atoms with Crippen molar-refractivity contribution >= 4 is 33.6 Å². The van der Waals surface area contributed by atoms with Crippen molar-refractivity contribution in [2.24, 2.45) is 0 Å². The fraction of sp³-hybridized carbons (Fsp3) is 0.0769. The molecular formula is C26H19FN2O3. The largest absolute Gasteiger partial charge is 0.462 e. The molecule has 5 aromatic rings. The van der Waals surface area contributed by atoms with Crippen LogP contribution in [0.4, 0.5) is 4.39 Å². The molecule has 2 heterocycles. The minimum atomic E-state index is -0.399. The summed E-state index contributed by atoms with van der Waals surface area (Å²) in [4.78, 5) is 29.0. The number of carbonyl (C=O) groups is 2. The average Bonchev–Trinajstić information content (AvgIpc) is 3.35. The van der Waals surface area contributed by atoms with Crippen LogP contribution in [0.2, 0.25) is 0 Å². The zero-order valence-electron chi connectivity index (χ0n) is 17.3. The topological polar surface area (TPSA) is 64.1 Å². The molecule has 6 heteroatoms. The number of ketones is 1. The molecule has 0 aliphatic carbocycles. The predicted molar refractivity (Wildman–Crippen MR) is 121 cm³/mol. The Bertz CT molecular complexity index is 1460. The molecule has 0 fully saturated rings. The predicted octanol–water partition coefficient (Wildman–Crippen LogP) is 5.66. The Kier molecular flexibility index (Phi) is 4.82. The van der Waals surface area contributed by atoms with Crippen LogP contribution in [0.1, 0.15) is 33.3 Å². The molecule has 0 unspecified atom stereocenters. The second-order valence-electron chi connectivity index (χ2n) is 7.41. The van der Waals surface area contributed by atoms with E-state index in [4.69, 9.17) is 4.74 Å². The third-order valence-electron chi connectivity index (χ3n) is 5.45. The number of benzene rings is 3. The number of fused-ring (bicyclic) bond motifs is 3. The average molecular weight is 426 g/mol. The molecule has 2 aromatic heterocycles. The molecule has 32 heavy (non-hydrogen) atoms. The Morgan fingerprint density at radius 3 is 2.31 bits per heavy atom. The van der Waals surface area contributed by atoms with Crippen molar-refractivity contribution in [2.75, 3.05) is 6.61 Å². The van der Waals surface area contributed by atoms with Gasteiger partial charge in [-0.1, -0.05) is 18.2 Å². The van der Waals surface area contributed by atoms with E-state index < -0.39 is 11.8 Å². The summed E-state index contributed by atoms with van der Waals surface area (Å²) in [7, 11) is 0. The van der Waals surface area contributed by atoms with Crippen molar-refractivity contribution in [2.45, 2.75) is 6.92 Å². The highest BCUT2D eigenvalue weighted by atomic mass is 19.1. The highest BCUT2D eigenvalue weighted by Gasteiger charge is 2.23. The summed E-state index contributed by atoms with van der Waals surface area (Å²) in [5.41, 5.74) is 3.75. The molecule has 0 amide bonds. The third kappa shape index (κ3) is 3.26. The first-order chi connectivity index (χ1) is 15.6. The summed E-state index contributed by atoms with van der Waals surface area (Å²) in [6.45, 7) is 2.05. The van der Waals surface area contributed by atoms with Crippen LogP contribution in [0.15, 0.2) is 79.0 Å². The Balaban J connectivity index is 1.70. The van der Waals surface area contributed by atoms with E-state index in [1.807, 2.05) is 30.5 Å². The minimum Gasteiger partial charge on any atom is -0.462 e. The van der Waals surface area contributed by atoms with Crippen molar-refractivity contribution in [1.82, 2.24) is 9.55 Å². The van der Waals surface area contributed by atoms with Crippen molar-refractivity contribution < 1.29 is 18.7 Å². The fourth-order valence-electron chi connectivity index (χ4n) is 3.97. The van der Waals surface area contributed by atoms with E-state index in [0.717, 1.165) is 27.5 Å². The number of nitrogens with zero attached hydrogens (tertiary/aromatic N) is 1. The number of halogens is 1. The fourth-order valence-corrected chi connectivity index (χ4v) is 3.97. The number of aromatic amines is 1. The highest BCUT2D eigenvalue weighted by molar-refractivity contribution is 6.22. The van der Waals surface area contributed by atoms with Gasteiger partial charge in [-0.25, -0.2) is 9.18 Å². The summed E-state index contributed by atoms with van der Waals surface area (Å²) in [5.74, 6) is -1.02. The van der Waals surface area contributed by atoms with Gasteiger partial charge in [0, 0.05) is 33.7 Å². The Morgan fingerprint density at radius 2 is 1.59 bits per heavy atom. The highest BCUT2D eigenvalue weighted by Crippen LogP contribution is 2.33. The minimum absolute atomic E-state index is 0.223. The normalized spacial score (nSPS) is 11.2. The number of hydrogen-bond acceptors (Lipinski definition) is 3. The first kappa shape index (κ1) is 19.8. The van der Waals surface area contributed by atoms with Gasteiger partial charge in [0.1, 0.15) is 11.5 Å². The van der Waals surface area contributed by atoms with Crippen LogP contribution in [0.5, 0.6) is 0 Å². The van der Waals surface area contributed by atoms with Gasteiger partial charge in [-0.05, 0) is 61.5 Å². The quantitative estimate of drug-likeness (QED) is 0.291. The van der Waals surface area contributed by atoms with Crippen LogP contribution in [-0.2, 0) is 4.74 Å². The summed E-state index contributed by atoms with van der Waals surface area (Å²) in [5, 5.41) is 1.72. The van der Waals surface area contributed by atoms with E-state index in [0.29, 0.717) is 23.4 Å². The third-order valence-corrected chi connectivity index (χ3v) is 5.45. The van der Waals surface area contributed by atoms with Gasteiger partial charge in [-0.15, -0.1) is 0 Å². The lowest BCUT2D eigenvalue weighted by atomic mass is 10.0. The monoisotopic (exact) mass is 426 g/mol. The molecule has 0 bridgehead atoms. The SMILES string of the molecule is CCOC(=O)c1ccc(-n2cc3[nH]c4ccccc4c3c2C(=O)c2ccc(F)cc2)cc1. The molecule has 0 aliphatic heterocycles. The number of ether oxygens (including phenoxy) is 1. The molecular weight excluding hydrogens is 407 g/mol. The molecule has 0 saturated heterocycles. The molecule has 0 atom stereocenters. The number of carbonyl (C=O) groups excluding carboxylic acids is 2. The van der Waals surface area contributed by atoms with Gasteiger partial charge in [-0.3, -0.25) is 4.79 Å². The molecule has 5 rings (SSSR count). The molecule has 1 N–H and O–H groups in total. The number of para-hydroxylation sites is 1. The first-order valence-electron chi connectivity index (χ1n) is 10.3. The maximum absolute atomic E-state index is 13.6. The molecule has 0 spiro atoms. The van der Waals surface area contributed by atoms with Crippen LogP contribution in [0, 0.1) is 5.82 Å². The number of rotatable bonds is 5. The zero-order valence-corrected chi connectivity index (χ0v) is 17.3. The van der Waals surface area contributed by atoms with E-state index in [9.17, 15) is 14.0 Å². The number of hydrogen-bond donors (Lipinski definition) is 1. The lowest BCUT2D eigenvalue weighted by Crippen LogP contribution is -2.10. The summed E-state index contributed by atoms with van der Waals surface area (Å²) in [6.07, 6.45) is 1.87. The van der Waals surface area contributed by atoms with Gasteiger partial charge >= 0.3 is 5.97 Å². The van der Waals surface area contributed by atoms with Gasteiger partial charge in [0.25, 0.3) is 0 Å². The zero-order chi connectivity index (χ0) is 22.2. The van der Waals surface area contributed by atoms with Crippen molar-refractivity contribution in [3.05, 3.63) is 102 Å². The van der Waals surface area contributed by atoms with Crippen LogP contribution in [0.25, 0.3) is 27.5 Å². The van der Waals surface area contributed by atoms with Crippen LogP contribution >= 0.6 is 0 Å². The number of nitrogens with one attached hydrogen (secondary N) is 1. The van der Waals surface area contributed by atoms with Crippen LogP contribution < -0.4 is 0 Å². The molecule has 0 aliphatic rings. The Labute approximate surface area is 183 Å². The summed E-state index contributed by atoms with van der Waals surface area (Å²) < 4.78 is 20.3. The standard InChI is InChI=1S/C26H19FN2O3/c1-2-32-26(31)17-9-13-19(14-10-17)29-15-22-23(20-5-3-4-6-21(20)28-22)24(29)25(30)16-7-11-18(27)12-8-16/h3-15,28H,2H2,1H3. The molecule has 0 radical (unpaired) electrons. The van der Waals surface area contributed by atoms with Gasteiger partial charge in [0.15, 0.2) is 0 Å². The lowest BCUT2D eigenvalue weighted by molar-refractivity contribution is 0.0526. The Hall–Kier alpha value is -4.19. The molecule has 5 nitrogen and oxygen atoms in total. The molecule has 0 saturated carbocycles. The maximum atomic E-state index is 13.6. The van der Waals surface area contributed by atoms with Gasteiger partial charge in [0.05, 0.1) is 17.7 Å². The first-order valence-corrected chi connectivity index (χ1v) is 10.3. The summed E-state index contributed by atoms with van der Waals surface area (Å²) in [6, 6.07) is 20.2. The molecule has 158 valence electrons. The molecule has 3 aromatic carbocycles. The number of H-pyrrole nitrogens is 1. The van der Waals surface area contributed by atoms with E-state index in [1.165, 1.54) is 24.3 Å².